The fraction of sp³-hybridized carbons (Fsp3) is 0.531. The summed E-state index contributed by atoms with van der Waals surface area (Å²) in [5.74, 6) is -0.335. The van der Waals surface area contributed by atoms with E-state index in [4.69, 9.17) is 14.2 Å². The second-order valence-corrected chi connectivity index (χ2v) is 15.6. The van der Waals surface area contributed by atoms with Crippen molar-refractivity contribution >= 4 is 48.7 Å². The molecule has 2 aromatic carbocycles. The Morgan fingerprint density at radius 3 is 2.62 bits per heavy atom. The number of nitrogens with one attached hydrogen (secondary N) is 2. The summed E-state index contributed by atoms with van der Waals surface area (Å²) in [7, 11) is -0.524. The molecule has 47 heavy (non-hydrogen) atoms. The van der Waals surface area contributed by atoms with Gasteiger partial charge in [0.2, 0.25) is 15.9 Å². The Labute approximate surface area is 279 Å². The number of alkyl carbamates (subject to hydrolysis) is 1. The van der Waals surface area contributed by atoms with Crippen LogP contribution >= 0.6 is 11.3 Å². The number of carbonyl (C=O) groups is 2. The molecule has 0 aliphatic carbocycles. The molecule has 3 N–H and O–H groups in total. The lowest BCUT2D eigenvalue weighted by atomic mass is 10.0. The summed E-state index contributed by atoms with van der Waals surface area (Å²) >= 11 is 1.18. The molecule has 256 valence electrons. The predicted octanol–water partition coefficient (Wildman–Crippen LogP) is 2.90. The van der Waals surface area contributed by atoms with Crippen LogP contribution in [0.25, 0.3) is 10.2 Å². The molecule has 0 radical (unpaired) electrons. The van der Waals surface area contributed by atoms with Gasteiger partial charge in [-0.2, -0.15) is 4.31 Å². The lowest BCUT2D eigenvalue weighted by Crippen LogP contribution is -2.51. The molecule has 5 rings (SSSR count). The fourth-order valence-corrected chi connectivity index (χ4v) is 8.39. The van der Waals surface area contributed by atoms with E-state index in [1.807, 2.05) is 44.2 Å². The maximum atomic E-state index is 14.1. The average molecular weight is 690 g/mol. The predicted molar refractivity (Wildman–Crippen MR) is 178 cm³/mol. The zero-order chi connectivity index (χ0) is 33.7. The number of fused-ring (bicyclic) bond motifs is 2. The van der Waals surface area contributed by atoms with E-state index < -0.39 is 34.4 Å². The summed E-state index contributed by atoms with van der Waals surface area (Å²) in [6.45, 7) is 4.60. The maximum absolute atomic E-state index is 14.1. The van der Waals surface area contributed by atoms with Gasteiger partial charge in [0.15, 0.2) is 11.4 Å². The van der Waals surface area contributed by atoms with E-state index in [0.29, 0.717) is 22.0 Å². The highest BCUT2D eigenvalue weighted by atomic mass is 32.2. The number of aliphatic hydroxyl groups is 1. The molecule has 3 aromatic rings. The van der Waals surface area contributed by atoms with Crippen molar-refractivity contribution in [2.45, 2.75) is 56.1 Å². The van der Waals surface area contributed by atoms with E-state index in [1.165, 1.54) is 27.8 Å². The molecule has 2 aliphatic rings. The summed E-state index contributed by atoms with van der Waals surface area (Å²) in [5.41, 5.74) is 1.41. The molecule has 3 heterocycles. The Kier molecular flexibility index (Phi) is 11.5. The van der Waals surface area contributed by atoms with Gasteiger partial charge in [0.05, 0.1) is 52.9 Å². The second-order valence-electron chi connectivity index (χ2n) is 12.6. The van der Waals surface area contributed by atoms with Crippen molar-refractivity contribution in [3.8, 4) is 0 Å². The molecular formula is C32H43N5O8S2. The minimum absolute atomic E-state index is 0.0363. The van der Waals surface area contributed by atoms with E-state index in [-0.39, 0.29) is 61.6 Å². The van der Waals surface area contributed by atoms with Crippen molar-refractivity contribution < 1.29 is 37.3 Å². The molecule has 0 spiro atoms. The van der Waals surface area contributed by atoms with Crippen LogP contribution in [0.4, 0.5) is 9.93 Å². The minimum Gasteiger partial charge on any atom is -0.443 e. The number of ether oxygens (including phenoxy) is 3. The van der Waals surface area contributed by atoms with Crippen LogP contribution < -0.4 is 10.6 Å². The number of carbonyl (C=O) groups excluding carboxylic acids is 2. The lowest BCUT2D eigenvalue weighted by Gasteiger charge is -2.31. The monoisotopic (exact) mass is 689 g/mol. The Balaban J connectivity index is 1.34. The number of hydrogen-bond donors (Lipinski definition) is 3. The Hall–Kier alpha value is -3.18. The van der Waals surface area contributed by atoms with Crippen molar-refractivity contribution in [2.75, 3.05) is 52.3 Å². The third-order valence-electron chi connectivity index (χ3n) is 7.97. The van der Waals surface area contributed by atoms with Gasteiger partial charge < -0.3 is 34.9 Å². The van der Waals surface area contributed by atoms with Crippen LogP contribution in [0.1, 0.15) is 25.8 Å². The van der Waals surface area contributed by atoms with Gasteiger partial charge in [-0.3, -0.25) is 4.79 Å². The van der Waals surface area contributed by atoms with E-state index in [2.05, 4.69) is 15.6 Å². The van der Waals surface area contributed by atoms with Gasteiger partial charge in [-0.15, -0.1) is 0 Å². The first kappa shape index (κ1) is 35.1. The van der Waals surface area contributed by atoms with Gasteiger partial charge in [-0.25, -0.2) is 18.2 Å². The van der Waals surface area contributed by atoms with Crippen LogP contribution in [0, 0.1) is 11.8 Å². The second kappa shape index (κ2) is 15.4. The van der Waals surface area contributed by atoms with Gasteiger partial charge >= 0.3 is 6.09 Å². The number of nitrogens with zero attached hydrogens (tertiary/aromatic N) is 3. The Morgan fingerprint density at radius 1 is 1.13 bits per heavy atom. The molecular weight excluding hydrogens is 647 g/mol. The highest BCUT2D eigenvalue weighted by molar-refractivity contribution is 7.89. The number of likely N-dealkylation sites (N-methyl/N-ethyl adjacent to an activating group) is 1. The molecule has 2 saturated heterocycles. The largest absolute Gasteiger partial charge is 0.443 e. The molecule has 2 fully saturated rings. The molecule has 5 atom stereocenters. The minimum atomic E-state index is -4.09. The van der Waals surface area contributed by atoms with Crippen molar-refractivity contribution in [2.24, 2.45) is 11.8 Å². The molecule has 15 heteroatoms. The summed E-state index contributed by atoms with van der Waals surface area (Å²) in [4.78, 5) is 31.5. The summed E-state index contributed by atoms with van der Waals surface area (Å²) < 4.78 is 46.8. The fourth-order valence-electron chi connectivity index (χ4n) is 5.75. The first-order chi connectivity index (χ1) is 22.4. The zero-order valence-corrected chi connectivity index (χ0v) is 28.6. The maximum Gasteiger partial charge on any atom is 0.407 e. The molecule has 0 bridgehead atoms. The number of benzene rings is 2. The van der Waals surface area contributed by atoms with E-state index in [0.717, 1.165) is 12.0 Å². The van der Waals surface area contributed by atoms with Crippen LogP contribution in [0.2, 0.25) is 0 Å². The van der Waals surface area contributed by atoms with Crippen LogP contribution in [0.3, 0.4) is 0 Å². The molecule has 1 aromatic heterocycles. The number of anilines is 1. The van der Waals surface area contributed by atoms with Crippen molar-refractivity contribution in [1.29, 1.82) is 0 Å². The number of rotatable bonds is 14. The number of aromatic nitrogens is 1. The number of thiazole rings is 1. The number of aliphatic hydroxyl groups excluding tert-OH is 1. The van der Waals surface area contributed by atoms with Gasteiger partial charge in [-0.1, -0.05) is 55.5 Å². The average Bonchev–Trinajstić information content (AvgIpc) is 3.73. The normalized spacial score (nSPS) is 20.9. The molecule has 0 saturated carbocycles. The summed E-state index contributed by atoms with van der Waals surface area (Å²) in [6.07, 6.45) is -1.87. The van der Waals surface area contributed by atoms with E-state index in [9.17, 15) is 23.1 Å². The van der Waals surface area contributed by atoms with Crippen molar-refractivity contribution in [3.63, 3.8) is 0 Å². The quantitative estimate of drug-likeness (QED) is 0.230. The van der Waals surface area contributed by atoms with E-state index in [1.54, 1.807) is 25.1 Å². The number of amides is 2. The Morgan fingerprint density at radius 2 is 1.89 bits per heavy atom. The Bertz CT molecular complexity index is 1630. The highest BCUT2D eigenvalue weighted by Gasteiger charge is 2.44. The van der Waals surface area contributed by atoms with Gasteiger partial charge in [0.25, 0.3) is 0 Å². The zero-order valence-electron chi connectivity index (χ0n) is 27.0. The number of sulfonamides is 1. The standard InChI is InChI=1S/C32H43N5O8S2/c1-20(2)16-37(47(41,42)22-10-11-24-28(15-22)46-31(33-24)35-29(39)18-36(3)4)17-26(38)25(14-21-8-6-5-7-9-21)34-32(40)45-27-19-44-30-23(27)12-13-43-30/h5-11,15,20,23,25-27,30,38H,12-14,16-19H2,1-4H3,(H,34,40)(H,33,35,39)/t23-,25-,26+,27-,30+/m0/s1. The molecule has 2 amide bonds. The van der Waals surface area contributed by atoms with Crippen LogP contribution in [0.5, 0.6) is 0 Å². The van der Waals surface area contributed by atoms with Gasteiger partial charge in [0.1, 0.15) is 6.10 Å². The summed E-state index contributed by atoms with van der Waals surface area (Å²) in [5, 5.41) is 17.5. The third kappa shape index (κ3) is 9.04. The molecule has 13 nitrogen and oxygen atoms in total. The van der Waals surface area contributed by atoms with Crippen molar-refractivity contribution in [1.82, 2.24) is 19.5 Å². The van der Waals surface area contributed by atoms with Crippen molar-refractivity contribution in [3.05, 3.63) is 54.1 Å². The first-order valence-electron chi connectivity index (χ1n) is 15.7. The smallest absolute Gasteiger partial charge is 0.407 e. The topological polar surface area (TPSA) is 160 Å². The highest BCUT2D eigenvalue weighted by Crippen LogP contribution is 2.33. The number of hydrogen-bond acceptors (Lipinski definition) is 11. The van der Waals surface area contributed by atoms with Crippen LogP contribution in [-0.4, -0.2) is 111 Å². The van der Waals surface area contributed by atoms with Crippen LogP contribution in [-0.2, 0) is 35.4 Å². The first-order valence-corrected chi connectivity index (χ1v) is 17.9. The van der Waals surface area contributed by atoms with Gasteiger partial charge in [-0.05, 0) is 56.6 Å². The SMILES string of the molecule is CC(C)CN(C[C@@H](O)[C@H](Cc1ccccc1)NC(=O)O[C@H]1CO[C@H]2OCC[C@H]21)S(=O)(=O)c1ccc2nc(NC(=O)CN(C)C)sc2c1. The summed E-state index contributed by atoms with van der Waals surface area (Å²) in [6, 6.07) is 13.1. The lowest BCUT2D eigenvalue weighted by molar-refractivity contribution is -0.116. The van der Waals surface area contributed by atoms with Crippen LogP contribution in [0.15, 0.2) is 53.4 Å². The molecule has 0 unspecified atom stereocenters. The van der Waals surface area contributed by atoms with Gasteiger partial charge in [0, 0.05) is 13.1 Å². The van der Waals surface area contributed by atoms with E-state index >= 15 is 0 Å². The third-order valence-corrected chi connectivity index (χ3v) is 10.7. The molecule has 2 aliphatic heterocycles.